The molecule has 3 aliphatic heterocycles. The lowest BCUT2D eigenvalue weighted by atomic mass is 9.45. The summed E-state index contributed by atoms with van der Waals surface area (Å²) in [5.74, 6) is 0.313. The van der Waals surface area contributed by atoms with Gasteiger partial charge >= 0.3 is 0 Å². The van der Waals surface area contributed by atoms with Gasteiger partial charge in [0.15, 0.2) is 0 Å². The Kier molecular flexibility index (Phi) is 10.2. The van der Waals surface area contributed by atoms with Crippen molar-refractivity contribution in [3.63, 3.8) is 0 Å². The minimum absolute atomic E-state index is 0.0223. The lowest BCUT2D eigenvalue weighted by molar-refractivity contribution is -0.140. The maximum atomic E-state index is 15.0. The molecule has 3 heterocycles. The van der Waals surface area contributed by atoms with Gasteiger partial charge in [-0.15, -0.1) is 11.6 Å². The zero-order valence-electron chi connectivity index (χ0n) is 28.0. The van der Waals surface area contributed by atoms with Crippen molar-refractivity contribution in [3.8, 4) is 0 Å². The first-order valence-electron chi connectivity index (χ1n) is 19.1. The second kappa shape index (κ2) is 14.0. The van der Waals surface area contributed by atoms with E-state index in [-0.39, 0.29) is 46.2 Å². The fraction of sp³-hybridized carbons (Fsp3) is 0.944. The number of aliphatic imine (C=N–C) groups is 1. The van der Waals surface area contributed by atoms with E-state index in [2.05, 4.69) is 32.0 Å². The van der Waals surface area contributed by atoms with Gasteiger partial charge < -0.3 is 21.7 Å². The Morgan fingerprint density at radius 2 is 1.64 bits per heavy atom. The number of carbonyl (C=O) groups is 1. The highest BCUT2D eigenvalue weighted by Gasteiger charge is 2.62. The first kappa shape index (κ1) is 32.8. The normalized spacial score (nSPS) is 37.5. The molecule has 4 saturated carbocycles. The van der Waals surface area contributed by atoms with E-state index in [4.69, 9.17) is 22.3 Å². The van der Waals surface area contributed by atoms with Crippen molar-refractivity contribution in [3.05, 3.63) is 0 Å². The van der Waals surface area contributed by atoms with Gasteiger partial charge in [-0.25, -0.2) is 0 Å². The largest absolute Gasteiger partial charge is 0.349 e. The fourth-order valence-electron chi connectivity index (χ4n) is 11.3. The highest BCUT2D eigenvalue weighted by molar-refractivity contribution is 6.20. The number of nitrogens with one attached hydrogen (secondary N) is 3. The number of piperazine rings is 1. The molecule has 2 spiro atoms. The van der Waals surface area contributed by atoms with Gasteiger partial charge in [-0.2, -0.15) is 0 Å². The molecule has 4 aliphatic carbocycles. The number of fused-ring (bicyclic) bond motifs is 1. The van der Waals surface area contributed by atoms with Crippen molar-refractivity contribution in [1.29, 1.82) is 0 Å². The summed E-state index contributed by atoms with van der Waals surface area (Å²) in [6, 6.07) is 1.31. The number of halogens is 1. The van der Waals surface area contributed by atoms with Crippen LogP contribution in [-0.4, -0.2) is 103 Å². The molecule has 9 heteroatoms. The molecule has 0 bridgehead atoms. The van der Waals surface area contributed by atoms with Crippen molar-refractivity contribution in [1.82, 2.24) is 25.8 Å². The number of carbonyl (C=O) groups excluding carboxylic acids is 1. The molecule has 7 rings (SSSR count). The molecule has 8 nitrogen and oxygen atoms in total. The predicted molar refractivity (Wildman–Crippen MR) is 184 cm³/mol. The quantitative estimate of drug-likeness (QED) is 0.233. The summed E-state index contributed by atoms with van der Waals surface area (Å²) < 4.78 is 0. The molecular formula is C36H62ClN7O. The summed E-state index contributed by atoms with van der Waals surface area (Å²) in [5.41, 5.74) is 7.36. The van der Waals surface area contributed by atoms with Crippen LogP contribution in [0.4, 0.5) is 0 Å². The van der Waals surface area contributed by atoms with Crippen molar-refractivity contribution < 1.29 is 4.79 Å². The van der Waals surface area contributed by atoms with Crippen molar-refractivity contribution in [2.24, 2.45) is 33.4 Å². The van der Waals surface area contributed by atoms with E-state index in [1.165, 1.54) is 96.3 Å². The molecule has 0 aromatic rings. The van der Waals surface area contributed by atoms with Gasteiger partial charge in [0.05, 0.1) is 24.2 Å². The van der Waals surface area contributed by atoms with Crippen LogP contribution >= 0.6 is 11.6 Å². The topological polar surface area (TPSA) is 98.0 Å². The lowest BCUT2D eigenvalue weighted by Gasteiger charge is -2.62. The van der Waals surface area contributed by atoms with Crippen LogP contribution in [0.3, 0.4) is 0 Å². The molecule has 6 fully saturated rings. The number of amides is 1. The van der Waals surface area contributed by atoms with Crippen LogP contribution in [0.5, 0.6) is 0 Å². The number of rotatable bonds is 8. The van der Waals surface area contributed by atoms with E-state index < -0.39 is 6.17 Å². The summed E-state index contributed by atoms with van der Waals surface area (Å²) in [6.45, 7) is 5.22. The molecule has 2 saturated heterocycles. The zero-order valence-corrected chi connectivity index (χ0v) is 28.8. The van der Waals surface area contributed by atoms with E-state index in [0.717, 1.165) is 51.6 Å². The highest BCUT2D eigenvalue weighted by atomic mass is 35.5. The van der Waals surface area contributed by atoms with E-state index >= 15 is 4.79 Å². The van der Waals surface area contributed by atoms with Crippen LogP contribution in [0.25, 0.3) is 0 Å². The third kappa shape index (κ3) is 6.39. The van der Waals surface area contributed by atoms with E-state index in [9.17, 15) is 0 Å². The van der Waals surface area contributed by atoms with Crippen LogP contribution < -0.4 is 21.7 Å². The van der Waals surface area contributed by atoms with Crippen LogP contribution in [0.2, 0.25) is 0 Å². The van der Waals surface area contributed by atoms with Crippen LogP contribution in [0.1, 0.15) is 109 Å². The van der Waals surface area contributed by atoms with Gasteiger partial charge in [-0.3, -0.25) is 19.6 Å². The Morgan fingerprint density at radius 3 is 2.29 bits per heavy atom. The molecule has 0 aromatic carbocycles. The predicted octanol–water partition coefficient (Wildman–Crippen LogP) is 4.25. The molecule has 0 aromatic heterocycles. The molecule has 45 heavy (non-hydrogen) atoms. The van der Waals surface area contributed by atoms with E-state index in [1.54, 1.807) is 0 Å². The van der Waals surface area contributed by atoms with Crippen LogP contribution in [-0.2, 0) is 4.79 Å². The van der Waals surface area contributed by atoms with Gasteiger partial charge in [-0.1, -0.05) is 38.5 Å². The monoisotopic (exact) mass is 643 g/mol. The summed E-state index contributed by atoms with van der Waals surface area (Å²) in [7, 11) is 1.93. The minimum Gasteiger partial charge on any atom is -0.349 e. The third-order valence-corrected chi connectivity index (χ3v) is 14.4. The molecule has 5 N–H and O–H groups in total. The average molecular weight is 644 g/mol. The third-order valence-electron chi connectivity index (χ3n) is 14.1. The molecule has 7 atom stereocenters. The van der Waals surface area contributed by atoms with E-state index in [1.807, 2.05) is 7.05 Å². The lowest BCUT2D eigenvalue weighted by Crippen LogP contribution is -2.70. The fourth-order valence-corrected chi connectivity index (χ4v) is 11.5. The van der Waals surface area contributed by atoms with Crippen molar-refractivity contribution >= 4 is 23.7 Å². The van der Waals surface area contributed by atoms with Gasteiger partial charge in [0, 0.05) is 62.4 Å². The maximum Gasteiger partial charge on any atom is 0.227 e. The Morgan fingerprint density at radius 1 is 0.933 bits per heavy atom. The van der Waals surface area contributed by atoms with Gasteiger partial charge in [-0.05, 0) is 94.4 Å². The summed E-state index contributed by atoms with van der Waals surface area (Å²) in [4.78, 5) is 25.7. The first-order valence-corrected chi connectivity index (χ1v) is 19.5. The van der Waals surface area contributed by atoms with Crippen molar-refractivity contribution in [2.75, 3.05) is 39.8 Å². The number of hydrogen-bond donors (Lipinski definition) is 4. The second-order valence-electron chi connectivity index (χ2n) is 16.2. The molecule has 254 valence electrons. The van der Waals surface area contributed by atoms with Gasteiger partial charge in [0.25, 0.3) is 0 Å². The average Bonchev–Trinajstić information content (AvgIpc) is 3.79. The Balaban J connectivity index is 1.18. The second-order valence-corrected chi connectivity index (χ2v) is 16.8. The standard InChI is InChI=1S/C36H62ClN7O/c1-39-33(38)29(32-36(16-7-17-36)35(14-5-6-15-35)18-12-26(37)24-41-32)34(45)42-31-28(44-22-20-43(21-23-44)27-10-11-27)13-19-40-30(31)25-8-3-2-4-9-25/h19,25-33,39,41H,2-18,20-24,38H2,1H3,(H,42,45). The van der Waals surface area contributed by atoms with E-state index in [0.29, 0.717) is 12.0 Å². The number of alkyl halides is 1. The zero-order chi connectivity index (χ0) is 31.0. The minimum atomic E-state index is -0.424. The summed E-state index contributed by atoms with van der Waals surface area (Å²) >= 11 is 6.94. The molecule has 7 aliphatic rings. The first-order chi connectivity index (χ1) is 21.9. The highest BCUT2D eigenvalue weighted by Crippen LogP contribution is 2.66. The van der Waals surface area contributed by atoms with Gasteiger partial charge in [0.1, 0.15) is 0 Å². The summed E-state index contributed by atoms with van der Waals surface area (Å²) in [6.07, 6.45) is 22.8. The van der Waals surface area contributed by atoms with Crippen LogP contribution in [0, 0.1) is 22.7 Å². The Hall–Kier alpha value is -0.770. The SMILES string of the molecule is CNC(N)C(C(=O)NC1C(C2CCCCC2)N=CCC1N1CCN(C2CC2)CC1)C1NCC(Cl)CCC2(CCCC2)C12CCC2. The summed E-state index contributed by atoms with van der Waals surface area (Å²) in [5, 5.41) is 11.2. The molecule has 1 amide bonds. The Labute approximate surface area is 277 Å². The molecule has 7 unspecified atom stereocenters. The number of hydrogen-bond acceptors (Lipinski definition) is 7. The van der Waals surface area contributed by atoms with Crippen LogP contribution in [0.15, 0.2) is 4.99 Å². The smallest absolute Gasteiger partial charge is 0.227 e. The van der Waals surface area contributed by atoms with Crippen molar-refractivity contribution in [2.45, 2.75) is 151 Å². The maximum absolute atomic E-state index is 15.0. The molecule has 0 radical (unpaired) electrons. The number of nitrogens with two attached hydrogens (primary N) is 1. The Bertz CT molecular complexity index is 1030. The van der Waals surface area contributed by atoms with Gasteiger partial charge in [0.2, 0.25) is 5.91 Å². The molecular weight excluding hydrogens is 582 g/mol. The number of nitrogens with zero attached hydrogens (tertiary/aromatic N) is 3.